The lowest BCUT2D eigenvalue weighted by Crippen LogP contribution is -2.34. The fraction of sp³-hybridized carbons (Fsp3) is 0.550. The van der Waals surface area contributed by atoms with Crippen LogP contribution in [0, 0.1) is 5.92 Å². The Bertz CT molecular complexity index is 909. The molecule has 6 nitrogen and oxygen atoms in total. The van der Waals surface area contributed by atoms with E-state index in [0.29, 0.717) is 46.7 Å². The standard InChI is InChI=1S/C20H26ClN3O3S/c1-12(2)10-22-18(25)13(3)28-20-23-17-9-14(21)6-7-16(17)19(26)24(20)11-15-5-4-8-27-15/h6-7,9,12-13,15H,4-5,8,10-11H2,1-3H3,(H,22,25)/t13-,15-/m0/s1. The first kappa shape index (κ1) is 21.1. The van der Waals surface area contributed by atoms with E-state index in [4.69, 9.17) is 16.3 Å². The summed E-state index contributed by atoms with van der Waals surface area (Å²) in [5.74, 6) is 0.308. The van der Waals surface area contributed by atoms with Crippen molar-refractivity contribution < 1.29 is 9.53 Å². The molecule has 1 aliphatic rings. The number of thioether (sulfide) groups is 1. The first-order chi connectivity index (χ1) is 13.3. The maximum absolute atomic E-state index is 13.1. The summed E-state index contributed by atoms with van der Waals surface area (Å²) in [6.07, 6.45) is 1.90. The quantitative estimate of drug-likeness (QED) is 0.545. The molecule has 2 atom stereocenters. The summed E-state index contributed by atoms with van der Waals surface area (Å²) in [6, 6.07) is 5.08. The molecule has 0 bridgehead atoms. The summed E-state index contributed by atoms with van der Waals surface area (Å²) in [5, 5.41) is 4.11. The lowest BCUT2D eigenvalue weighted by atomic mass is 10.2. The highest BCUT2D eigenvalue weighted by atomic mass is 35.5. The van der Waals surface area contributed by atoms with E-state index in [1.54, 1.807) is 22.8 Å². The fourth-order valence-electron chi connectivity index (χ4n) is 3.08. The number of amides is 1. The third kappa shape index (κ3) is 5.07. The number of benzene rings is 1. The van der Waals surface area contributed by atoms with Crippen molar-refractivity contribution in [2.75, 3.05) is 13.2 Å². The van der Waals surface area contributed by atoms with Gasteiger partial charge in [0.1, 0.15) is 0 Å². The lowest BCUT2D eigenvalue weighted by molar-refractivity contribution is -0.120. The second-order valence-corrected chi connectivity index (χ2v) is 9.25. The van der Waals surface area contributed by atoms with Crippen LogP contribution in [0.4, 0.5) is 0 Å². The van der Waals surface area contributed by atoms with E-state index in [9.17, 15) is 9.59 Å². The van der Waals surface area contributed by atoms with Crippen LogP contribution in [0.25, 0.3) is 10.9 Å². The van der Waals surface area contributed by atoms with Crippen molar-refractivity contribution in [1.82, 2.24) is 14.9 Å². The SMILES string of the molecule is CC(C)CNC(=O)[C@H](C)Sc1nc2cc(Cl)ccc2c(=O)n1C[C@@H]1CCCO1. The van der Waals surface area contributed by atoms with Gasteiger partial charge in [-0.3, -0.25) is 14.2 Å². The average Bonchev–Trinajstić information content (AvgIpc) is 3.15. The Hall–Kier alpha value is -1.57. The average molecular weight is 424 g/mol. The van der Waals surface area contributed by atoms with E-state index < -0.39 is 0 Å². The van der Waals surface area contributed by atoms with Crippen LogP contribution in [-0.2, 0) is 16.1 Å². The molecule has 0 spiro atoms. The molecule has 1 aromatic carbocycles. The number of hydrogen-bond donors (Lipinski definition) is 1. The molecule has 1 amide bonds. The second-order valence-electron chi connectivity index (χ2n) is 7.51. The zero-order chi connectivity index (χ0) is 20.3. The second kappa shape index (κ2) is 9.29. The molecule has 0 saturated carbocycles. The molecule has 152 valence electrons. The molecule has 0 radical (unpaired) electrons. The molecule has 1 saturated heterocycles. The molecule has 28 heavy (non-hydrogen) atoms. The van der Waals surface area contributed by atoms with Crippen molar-refractivity contribution in [3.63, 3.8) is 0 Å². The summed E-state index contributed by atoms with van der Waals surface area (Å²) < 4.78 is 7.36. The normalized spacial score (nSPS) is 18.0. The van der Waals surface area contributed by atoms with Crippen LogP contribution in [0.1, 0.15) is 33.6 Å². The van der Waals surface area contributed by atoms with Gasteiger partial charge < -0.3 is 10.1 Å². The van der Waals surface area contributed by atoms with E-state index >= 15 is 0 Å². The van der Waals surface area contributed by atoms with Gasteiger partial charge in [0.2, 0.25) is 5.91 Å². The number of nitrogens with one attached hydrogen (secondary N) is 1. The van der Waals surface area contributed by atoms with Crippen LogP contribution in [-0.4, -0.2) is 40.0 Å². The van der Waals surface area contributed by atoms with Gasteiger partial charge in [0.15, 0.2) is 5.16 Å². The predicted molar refractivity (Wildman–Crippen MR) is 113 cm³/mol. The molecule has 1 aromatic heterocycles. The molecule has 0 aliphatic carbocycles. The Balaban J connectivity index is 1.93. The maximum atomic E-state index is 13.1. The van der Waals surface area contributed by atoms with Crippen LogP contribution in [0.5, 0.6) is 0 Å². The van der Waals surface area contributed by atoms with E-state index in [0.717, 1.165) is 12.8 Å². The molecule has 0 unspecified atom stereocenters. The smallest absolute Gasteiger partial charge is 0.262 e. The molecular weight excluding hydrogens is 398 g/mol. The van der Waals surface area contributed by atoms with E-state index in [-0.39, 0.29) is 22.8 Å². The van der Waals surface area contributed by atoms with Gasteiger partial charge >= 0.3 is 0 Å². The van der Waals surface area contributed by atoms with Crippen LogP contribution in [0.3, 0.4) is 0 Å². The van der Waals surface area contributed by atoms with E-state index in [1.807, 2.05) is 20.8 Å². The van der Waals surface area contributed by atoms with Crippen molar-refractivity contribution in [1.29, 1.82) is 0 Å². The van der Waals surface area contributed by atoms with Crippen molar-refractivity contribution in [3.05, 3.63) is 33.6 Å². The van der Waals surface area contributed by atoms with Crippen LogP contribution >= 0.6 is 23.4 Å². The van der Waals surface area contributed by atoms with Crippen molar-refractivity contribution >= 4 is 40.2 Å². The van der Waals surface area contributed by atoms with Gasteiger partial charge in [0.25, 0.3) is 5.56 Å². The van der Waals surface area contributed by atoms with Crippen molar-refractivity contribution in [2.24, 2.45) is 5.92 Å². The minimum Gasteiger partial charge on any atom is -0.376 e. The van der Waals surface area contributed by atoms with E-state index in [1.165, 1.54) is 11.8 Å². The highest BCUT2D eigenvalue weighted by Crippen LogP contribution is 2.25. The number of hydrogen-bond acceptors (Lipinski definition) is 5. The minimum atomic E-state index is -0.377. The van der Waals surface area contributed by atoms with Gasteiger partial charge in [-0.25, -0.2) is 4.98 Å². The summed E-state index contributed by atoms with van der Waals surface area (Å²) in [4.78, 5) is 30.2. The lowest BCUT2D eigenvalue weighted by Gasteiger charge is -2.19. The zero-order valence-electron chi connectivity index (χ0n) is 16.4. The Morgan fingerprint density at radius 1 is 1.43 bits per heavy atom. The summed E-state index contributed by atoms with van der Waals surface area (Å²) in [6.45, 7) is 7.69. The molecule has 1 N–H and O–H groups in total. The topological polar surface area (TPSA) is 73.2 Å². The van der Waals surface area contributed by atoms with Gasteiger partial charge in [-0.1, -0.05) is 37.2 Å². The molecule has 1 fully saturated rings. The Kier molecular flexibility index (Phi) is 7.01. The van der Waals surface area contributed by atoms with Gasteiger partial charge in [-0.2, -0.15) is 0 Å². The molecule has 2 aromatic rings. The monoisotopic (exact) mass is 423 g/mol. The Morgan fingerprint density at radius 2 is 2.21 bits per heavy atom. The number of aromatic nitrogens is 2. The Morgan fingerprint density at radius 3 is 2.89 bits per heavy atom. The Labute approximate surface area is 174 Å². The highest BCUT2D eigenvalue weighted by molar-refractivity contribution is 8.00. The fourth-order valence-corrected chi connectivity index (χ4v) is 4.19. The van der Waals surface area contributed by atoms with Gasteiger partial charge in [0.05, 0.1) is 28.8 Å². The number of rotatable bonds is 7. The van der Waals surface area contributed by atoms with Crippen molar-refractivity contribution in [3.8, 4) is 0 Å². The number of carbonyl (C=O) groups is 1. The van der Waals surface area contributed by atoms with Gasteiger partial charge in [-0.15, -0.1) is 0 Å². The maximum Gasteiger partial charge on any atom is 0.262 e. The summed E-state index contributed by atoms with van der Waals surface area (Å²) >= 11 is 7.38. The molecule has 3 rings (SSSR count). The van der Waals surface area contributed by atoms with Gasteiger partial charge in [-0.05, 0) is 43.9 Å². The number of fused-ring (bicyclic) bond motifs is 1. The largest absolute Gasteiger partial charge is 0.376 e. The third-order valence-corrected chi connectivity index (χ3v) is 5.95. The number of halogens is 1. The molecule has 8 heteroatoms. The van der Waals surface area contributed by atoms with Crippen LogP contribution in [0.15, 0.2) is 28.2 Å². The van der Waals surface area contributed by atoms with Gasteiger partial charge in [0, 0.05) is 18.2 Å². The van der Waals surface area contributed by atoms with Crippen molar-refractivity contribution in [2.45, 2.75) is 56.7 Å². The molecule has 1 aliphatic heterocycles. The minimum absolute atomic E-state index is 0.00586. The highest BCUT2D eigenvalue weighted by Gasteiger charge is 2.23. The number of nitrogens with zero attached hydrogens (tertiary/aromatic N) is 2. The van der Waals surface area contributed by atoms with Crippen LogP contribution in [0.2, 0.25) is 5.02 Å². The zero-order valence-corrected chi connectivity index (χ0v) is 18.0. The molecular formula is C20H26ClN3O3S. The third-order valence-electron chi connectivity index (χ3n) is 4.63. The first-order valence-corrected chi connectivity index (χ1v) is 10.9. The first-order valence-electron chi connectivity index (χ1n) is 9.61. The van der Waals surface area contributed by atoms with E-state index in [2.05, 4.69) is 10.3 Å². The molecule has 2 heterocycles. The van der Waals surface area contributed by atoms with Crippen LogP contribution < -0.4 is 10.9 Å². The summed E-state index contributed by atoms with van der Waals surface area (Å²) in [7, 11) is 0. The number of ether oxygens (including phenoxy) is 1. The summed E-state index contributed by atoms with van der Waals surface area (Å²) in [5.41, 5.74) is 0.410. The predicted octanol–water partition coefficient (Wildman–Crippen LogP) is 3.48. The number of carbonyl (C=O) groups excluding carboxylic acids is 1.